The molecule has 0 radical (unpaired) electrons. The first-order valence-electron chi connectivity index (χ1n) is 13.7. The van der Waals surface area contributed by atoms with Crippen molar-refractivity contribution in [2.45, 2.75) is 20.8 Å². The van der Waals surface area contributed by atoms with Crippen LogP contribution in [-0.4, -0.2) is 28.0 Å². The van der Waals surface area contributed by atoms with Crippen molar-refractivity contribution in [1.82, 2.24) is 15.0 Å². The molecule has 0 atom stereocenters. The fraction of sp³-hybridized carbons (Fsp3) is 0.147. The van der Waals surface area contributed by atoms with Crippen LogP contribution in [0.4, 0.5) is 11.6 Å². The zero-order chi connectivity index (χ0) is 29.9. The highest BCUT2D eigenvalue weighted by Crippen LogP contribution is 2.21. The van der Waals surface area contributed by atoms with E-state index < -0.39 is 0 Å². The molecule has 8 heteroatoms. The molecule has 0 saturated carbocycles. The summed E-state index contributed by atoms with van der Waals surface area (Å²) in [6.07, 6.45) is 4.14. The van der Waals surface area contributed by atoms with Crippen molar-refractivity contribution in [3.8, 4) is 0 Å². The monoisotopic (exact) mass is 703 g/mol. The second-order valence-electron chi connectivity index (χ2n) is 9.21. The molecule has 6 rings (SSSR count). The van der Waals surface area contributed by atoms with E-state index in [0.29, 0.717) is 5.15 Å². The molecule has 0 unspecified atom stereocenters. The van der Waals surface area contributed by atoms with E-state index in [9.17, 15) is 0 Å². The molecule has 214 valence electrons. The van der Waals surface area contributed by atoms with Crippen molar-refractivity contribution in [2.24, 2.45) is 0 Å². The van der Waals surface area contributed by atoms with E-state index in [1.165, 1.54) is 10.9 Å². The van der Waals surface area contributed by atoms with Gasteiger partial charge in [-0.1, -0.05) is 61.7 Å². The van der Waals surface area contributed by atoms with Crippen molar-refractivity contribution in [2.75, 3.05) is 23.7 Å². The Bertz CT molecular complexity index is 1780. The fourth-order valence-electron chi connectivity index (χ4n) is 4.17. The minimum atomic E-state index is 0.532. The summed E-state index contributed by atoms with van der Waals surface area (Å²) in [5.41, 5.74) is 4.19. The minimum absolute atomic E-state index is 0.532. The highest BCUT2D eigenvalue weighted by atomic mass is 79.9. The third-order valence-corrected chi connectivity index (χ3v) is 7.25. The predicted molar refractivity (Wildman–Crippen MR) is 189 cm³/mol. The Morgan fingerprint density at radius 2 is 1.10 bits per heavy atom. The molecule has 0 fully saturated rings. The number of aromatic nitrogens is 3. The summed E-state index contributed by atoms with van der Waals surface area (Å²) in [5.74, 6) is 1.87. The Kier molecular flexibility index (Phi) is 11.7. The number of rotatable bonds is 5. The van der Waals surface area contributed by atoms with Gasteiger partial charge in [0.1, 0.15) is 16.8 Å². The fourth-order valence-corrected chi connectivity index (χ4v) is 5.08. The molecule has 2 N–H and O–H groups in total. The first-order chi connectivity index (χ1) is 20.4. The third kappa shape index (κ3) is 8.99. The Hall–Kier alpha value is -3.52. The molecule has 0 amide bonds. The maximum absolute atomic E-state index is 5.74. The van der Waals surface area contributed by atoms with Gasteiger partial charge in [0.15, 0.2) is 0 Å². The SMILES string of the molecule is C/C=C/c1ccc2nc(NCC)ccc2c1.CCNc1ccc2cc(Br)ccc2n1.Clc1ccc2cc(Br)ccc2n1. The predicted octanol–water partition coefficient (Wildman–Crippen LogP) is 10.8. The van der Waals surface area contributed by atoms with Crippen molar-refractivity contribution in [3.63, 3.8) is 0 Å². The summed E-state index contributed by atoms with van der Waals surface area (Å²) >= 11 is 12.6. The molecule has 3 aromatic heterocycles. The van der Waals surface area contributed by atoms with Gasteiger partial charge in [0.05, 0.1) is 16.6 Å². The van der Waals surface area contributed by atoms with E-state index >= 15 is 0 Å². The number of allylic oxidation sites excluding steroid dienone is 1. The van der Waals surface area contributed by atoms with Crippen LogP contribution in [0, 0.1) is 0 Å². The number of anilines is 2. The molecule has 0 aliphatic rings. The molecule has 0 aliphatic carbocycles. The van der Waals surface area contributed by atoms with E-state index in [1.807, 2.05) is 61.5 Å². The van der Waals surface area contributed by atoms with Crippen molar-refractivity contribution in [3.05, 3.63) is 117 Å². The largest absolute Gasteiger partial charge is 0.370 e. The van der Waals surface area contributed by atoms with E-state index in [4.69, 9.17) is 11.6 Å². The van der Waals surface area contributed by atoms with E-state index in [0.717, 1.165) is 61.0 Å². The lowest BCUT2D eigenvalue weighted by atomic mass is 10.1. The Balaban J connectivity index is 0.000000146. The summed E-state index contributed by atoms with van der Waals surface area (Å²) in [6.45, 7) is 7.95. The highest BCUT2D eigenvalue weighted by molar-refractivity contribution is 9.10. The number of hydrogen-bond acceptors (Lipinski definition) is 5. The average molecular weight is 706 g/mol. The van der Waals surface area contributed by atoms with Gasteiger partial charge in [-0.2, -0.15) is 0 Å². The second kappa shape index (κ2) is 15.6. The summed E-state index contributed by atoms with van der Waals surface area (Å²) in [7, 11) is 0. The number of hydrogen-bond donors (Lipinski definition) is 2. The number of nitrogens with zero attached hydrogens (tertiary/aromatic N) is 3. The molecular weight excluding hydrogens is 674 g/mol. The number of halogens is 3. The van der Waals surface area contributed by atoms with Crippen LogP contribution in [0.15, 0.2) is 106 Å². The molecule has 3 aromatic carbocycles. The van der Waals surface area contributed by atoms with E-state index in [-0.39, 0.29) is 0 Å². The van der Waals surface area contributed by atoms with Gasteiger partial charge in [0, 0.05) is 38.2 Å². The molecule has 42 heavy (non-hydrogen) atoms. The third-order valence-electron chi connectivity index (χ3n) is 6.06. The van der Waals surface area contributed by atoms with E-state index in [2.05, 4.69) is 114 Å². The van der Waals surface area contributed by atoms with Crippen LogP contribution in [0.5, 0.6) is 0 Å². The van der Waals surface area contributed by atoms with Crippen molar-refractivity contribution < 1.29 is 0 Å². The molecule has 0 bridgehead atoms. The normalized spacial score (nSPS) is 10.7. The van der Waals surface area contributed by atoms with Crippen LogP contribution in [0.1, 0.15) is 26.3 Å². The van der Waals surface area contributed by atoms with Gasteiger partial charge in [-0.15, -0.1) is 0 Å². The first-order valence-corrected chi connectivity index (χ1v) is 15.6. The van der Waals surface area contributed by atoms with Gasteiger partial charge in [-0.25, -0.2) is 15.0 Å². The number of fused-ring (bicyclic) bond motifs is 3. The van der Waals surface area contributed by atoms with Gasteiger partial charge in [-0.05, 0) is 111 Å². The van der Waals surface area contributed by atoms with Crippen molar-refractivity contribution in [1.29, 1.82) is 0 Å². The standard InChI is InChI=1S/C14H16N2.C11H11BrN2.C9H5BrClN/c1-3-5-11-6-8-13-12(10-11)7-9-14(16-13)15-4-2;1-2-13-11-6-3-8-7-9(12)4-5-10(8)14-11;10-7-2-3-8-6(5-7)1-4-9(11)12-8/h3,5-10H,4H2,1-2H3,(H,15,16);3-7H,2H2,1H3,(H,13,14);1-5H/b5-3+;;. The maximum atomic E-state index is 5.74. The average Bonchev–Trinajstić information content (AvgIpc) is 2.99. The van der Waals surface area contributed by atoms with Gasteiger partial charge >= 0.3 is 0 Å². The van der Waals surface area contributed by atoms with E-state index in [1.54, 1.807) is 6.07 Å². The quantitative estimate of drug-likeness (QED) is 0.175. The van der Waals surface area contributed by atoms with Gasteiger partial charge < -0.3 is 10.6 Å². The van der Waals surface area contributed by atoms with Crippen LogP contribution in [-0.2, 0) is 0 Å². The molecule has 0 aliphatic heterocycles. The number of nitrogens with one attached hydrogen (secondary N) is 2. The summed E-state index contributed by atoms with van der Waals surface area (Å²) < 4.78 is 2.14. The molecule has 0 saturated heterocycles. The molecule has 6 aromatic rings. The Morgan fingerprint density at radius 1 is 0.619 bits per heavy atom. The second-order valence-corrected chi connectivity index (χ2v) is 11.4. The van der Waals surface area contributed by atoms with Crippen LogP contribution in [0.2, 0.25) is 5.15 Å². The lowest BCUT2D eigenvalue weighted by molar-refractivity contribution is 1.17. The molecule has 3 heterocycles. The topological polar surface area (TPSA) is 62.7 Å². The Morgan fingerprint density at radius 3 is 1.62 bits per heavy atom. The summed E-state index contributed by atoms with van der Waals surface area (Å²) in [5, 5.41) is 10.4. The summed E-state index contributed by atoms with van der Waals surface area (Å²) in [4.78, 5) is 13.2. The van der Waals surface area contributed by atoms with Crippen LogP contribution in [0.3, 0.4) is 0 Å². The highest BCUT2D eigenvalue weighted by Gasteiger charge is 1.99. The minimum Gasteiger partial charge on any atom is -0.370 e. The molecular formula is C34H32Br2ClN5. The molecule has 5 nitrogen and oxygen atoms in total. The van der Waals surface area contributed by atoms with Crippen LogP contribution >= 0.6 is 43.5 Å². The number of pyridine rings is 3. The zero-order valence-electron chi connectivity index (χ0n) is 23.7. The lowest BCUT2D eigenvalue weighted by Crippen LogP contribution is -1.98. The number of benzene rings is 3. The van der Waals surface area contributed by atoms with Crippen molar-refractivity contribution >= 4 is 93.9 Å². The van der Waals surface area contributed by atoms with Gasteiger partial charge in [0.2, 0.25) is 0 Å². The Labute approximate surface area is 268 Å². The smallest absolute Gasteiger partial charge is 0.129 e. The lowest BCUT2D eigenvalue weighted by Gasteiger charge is -2.04. The van der Waals surface area contributed by atoms with Gasteiger partial charge in [0.25, 0.3) is 0 Å². The van der Waals surface area contributed by atoms with Crippen LogP contribution < -0.4 is 10.6 Å². The molecule has 0 spiro atoms. The first kappa shape index (κ1) is 31.4. The summed E-state index contributed by atoms with van der Waals surface area (Å²) in [6, 6.07) is 30.2. The van der Waals surface area contributed by atoms with Crippen LogP contribution in [0.25, 0.3) is 38.8 Å². The maximum Gasteiger partial charge on any atom is 0.129 e. The van der Waals surface area contributed by atoms with Gasteiger partial charge in [-0.3, -0.25) is 0 Å². The zero-order valence-corrected chi connectivity index (χ0v) is 27.6.